The first-order chi connectivity index (χ1) is 15.0. The molecule has 0 aliphatic heterocycles. The van der Waals surface area contributed by atoms with Crippen molar-refractivity contribution in [3.63, 3.8) is 0 Å². The SMILES string of the molecule is CCN(CC)[C@@H](CNC(=O)CCNC(=O)Nc1ccc(OC)cc1)c1ccccc1Cl. The molecule has 0 aromatic heterocycles. The third kappa shape index (κ3) is 7.77. The fourth-order valence-corrected chi connectivity index (χ4v) is 3.55. The van der Waals surface area contributed by atoms with Crippen molar-refractivity contribution >= 4 is 29.2 Å². The number of methoxy groups -OCH3 is 1. The van der Waals surface area contributed by atoms with Gasteiger partial charge in [0, 0.05) is 30.2 Å². The summed E-state index contributed by atoms with van der Waals surface area (Å²) in [5.41, 5.74) is 1.63. The summed E-state index contributed by atoms with van der Waals surface area (Å²) in [7, 11) is 1.58. The van der Waals surface area contributed by atoms with Crippen LogP contribution in [0.1, 0.15) is 31.9 Å². The molecular weight excluding hydrogens is 416 g/mol. The van der Waals surface area contributed by atoms with Gasteiger partial charge in [0.2, 0.25) is 5.91 Å². The maximum Gasteiger partial charge on any atom is 0.319 e. The minimum Gasteiger partial charge on any atom is -0.497 e. The number of urea groups is 1. The van der Waals surface area contributed by atoms with Crippen LogP contribution in [0, 0.1) is 0 Å². The van der Waals surface area contributed by atoms with E-state index in [9.17, 15) is 9.59 Å². The molecule has 0 spiro atoms. The van der Waals surface area contributed by atoms with E-state index in [2.05, 4.69) is 34.7 Å². The second-order valence-electron chi connectivity index (χ2n) is 6.92. The predicted octanol–water partition coefficient (Wildman–Crippen LogP) is 4.06. The molecule has 3 amide bonds. The molecule has 1 atom stereocenters. The standard InChI is InChI=1S/C23H31ClN4O3/c1-4-28(5-2)21(19-8-6-7-9-20(19)24)16-26-22(29)14-15-25-23(30)27-17-10-12-18(31-3)13-11-17/h6-13,21H,4-5,14-16H2,1-3H3,(H,26,29)(H2,25,27,30)/t21-/m0/s1. The van der Waals surface area contributed by atoms with Crippen molar-refractivity contribution in [2.45, 2.75) is 26.3 Å². The number of rotatable bonds is 11. The molecule has 2 aromatic rings. The minimum atomic E-state index is -0.366. The second kappa shape index (κ2) is 12.8. The van der Waals surface area contributed by atoms with Gasteiger partial charge in [-0.2, -0.15) is 0 Å². The lowest BCUT2D eigenvalue weighted by Crippen LogP contribution is -2.39. The molecule has 0 aliphatic carbocycles. The summed E-state index contributed by atoms with van der Waals surface area (Å²) < 4.78 is 5.09. The smallest absolute Gasteiger partial charge is 0.319 e. The minimum absolute atomic E-state index is 0.0148. The Hall–Kier alpha value is -2.77. The van der Waals surface area contributed by atoms with E-state index >= 15 is 0 Å². The molecular formula is C23H31ClN4O3. The van der Waals surface area contributed by atoms with Crippen molar-refractivity contribution in [1.82, 2.24) is 15.5 Å². The molecule has 7 nitrogen and oxygen atoms in total. The molecule has 2 aromatic carbocycles. The molecule has 168 valence electrons. The van der Waals surface area contributed by atoms with Gasteiger partial charge in [-0.15, -0.1) is 0 Å². The highest BCUT2D eigenvalue weighted by Crippen LogP contribution is 2.27. The normalized spacial score (nSPS) is 11.6. The van der Waals surface area contributed by atoms with E-state index in [1.807, 2.05) is 24.3 Å². The number of hydrogen-bond donors (Lipinski definition) is 3. The summed E-state index contributed by atoms with van der Waals surface area (Å²) >= 11 is 6.39. The van der Waals surface area contributed by atoms with Crippen molar-refractivity contribution in [3.05, 3.63) is 59.1 Å². The Bertz CT molecular complexity index is 841. The van der Waals surface area contributed by atoms with E-state index in [4.69, 9.17) is 16.3 Å². The van der Waals surface area contributed by atoms with Crippen LogP contribution in [0.5, 0.6) is 5.75 Å². The number of likely N-dealkylation sites (N-methyl/N-ethyl adjacent to an activating group) is 1. The van der Waals surface area contributed by atoms with Crippen LogP contribution in [0.3, 0.4) is 0 Å². The van der Waals surface area contributed by atoms with Gasteiger partial charge in [-0.25, -0.2) is 4.79 Å². The van der Waals surface area contributed by atoms with Crippen LogP contribution in [0.25, 0.3) is 0 Å². The van der Waals surface area contributed by atoms with Crippen LogP contribution in [-0.4, -0.2) is 50.1 Å². The second-order valence-corrected chi connectivity index (χ2v) is 7.33. The van der Waals surface area contributed by atoms with Gasteiger partial charge in [0.25, 0.3) is 0 Å². The number of benzene rings is 2. The van der Waals surface area contributed by atoms with Gasteiger partial charge in [0.15, 0.2) is 0 Å². The van der Waals surface area contributed by atoms with E-state index in [1.165, 1.54) is 0 Å². The largest absolute Gasteiger partial charge is 0.497 e. The highest BCUT2D eigenvalue weighted by Gasteiger charge is 2.21. The molecule has 3 N–H and O–H groups in total. The van der Waals surface area contributed by atoms with Gasteiger partial charge in [0.1, 0.15) is 5.75 Å². The third-order valence-electron chi connectivity index (χ3n) is 5.00. The number of hydrogen-bond acceptors (Lipinski definition) is 4. The van der Waals surface area contributed by atoms with Gasteiger partial charge in [-0.05, 0) is 49.0 Å². The van der Waals surface area contributed by atoms with Crippen LogP contribution in [0.4, 0.5) is 10.5 Å². The Kier molecular flexibility index (Phi) is 10.1. The fourth-order valence-electron chi connectivity index (χ4n) is 3.28. The van der Waals surface area contributed by atoms with Crippen molar-refractivity contribution in [2.24, 2.45) is 0 Å². The van der Waals surface area contributed by atoms with Gasteiger partial charge < -0.3 is 20.7 Å². The van der Waals surface area contributed by atoms with Gasteiger partial charge in [-0.3, -0.25) is 9.69 Å². The molecule has 31 heavy (non-hydrogen) atoms. The zero-order chi connectivity index (χ0) is 22.6. The van der Waals surface area contributed by atoms with Crippen molar-refractivity contribution in [3.8, 4) is 5.75 Å². The average molecular weight is 447 g/mol. The number of ether oxygens (including phenoxy) is 1. The average Bonchev–Trinajstić information content (AvgIpc) is 2.78. The molecule has 0 bridgehead atoms. The van der Waals surface area contributed by atoms with Crippen molar-refractivity contribution < 1.29 is 14.3 Å². The Morgan fingerprint density at radius 2 is 1.71 bits per heavy atom. The molecule has 2 rings (SSSR count). The summed E-state index contributed by atoms with van der Waals surface area (Å²) in [6, 6.07) is 14.3. The van der Waals surface area contributed by atoms with E-state index in [0.29, 0.717) is 23.0 Å². The number of halogens is 1. The summed E-state index contributed by atoms with van der Waals surface area (Å²) in [5.74, 6) is 0.580. The van der Waals surface area contributed by atoms with Crippen LogP contribution < -0.4 is 20.7 Å². The van der Waals surface area contributed by atoms with Crippen LogP contribution in [0.15, 0.2) is 48.5 Å². The zero-order valence-electron chi connectivity index (χ0n) is 18.3. The van der Waals surface area contributed by atoms with Crippen LogP contribution in [0.2, 0.25) is 5.02 Å². The summed E-state index contributed by atoms with van der Waals surface area (Å²) in [4.78, 5) is 26.6. The quantitative estimate of drug-likeness (QED) is 0.486. The highest BCUT2D eigenvalue weighted by atomic mass is 35.5. The first-order valence-electron chi connectivity index (χ1n) is 10.4. The third-order valence-corrected chi connectivity index (χ3v) is 5.34. The molecule has 0 fully saturated rings. The molecule has 0 saturated carbocycles. The lowest BCUT2D eigenvalue weighted by Gasteiger charge is -2.31. The first kappa shape index (κ1) is 24.5. The Morgan fingerprint density at radius 1 is 1.03 bits per heavy atom. The van der Waals surface area contributed by atoms with Gasteiger partial charge >= 0.3 is 6.03 Å². The lowest BCUT2D eigenvalue weighted by atomic mass is 10.0. The van der Waals surface area contributed by atoms with E-state index in [1.54, 1.807) is 31.4 Å². The first-order valence-corrected chi connectivity index (χ1v) is 10.8. The number of carbonyl (C=O) groups excluding carboxylic acids is 2. The molecule has 0 radical (unpaired) electrons. The Balaban J connectivity index is 1.80. The topological polar surface area (TPSA) is 82.7 Å². The molecule has 8 heteroatoms. The Labute approximate surface area is 189 Å². The molecule has 0 unspecified atom stereocenters. The summed E-state index contributed by atoms with van der Waals surface area (Å²) in [6.45, 7) is 6.53. The van der Waals surface area contributed by atoms with E-state index in [0.717, 1.165) is 18.7 Å². The number of nitrogens with one attached hydrogen (secondary N) is 3. The van der Waals surface area contributed by atoms with Gasteiger partial charge in [-0.1, -0.05) is 43.6 Å². The fraction of sp³-hybridized carbons (Fsp3) is 0.391. The van der Waals surface area contributed by atoms with E-state index in [-0.39, 0.29) is 30.9 Å². The number of amides is 3. The van der Waals surface area contributed by atoms with Crippen LogP contribution >= 0.6 is 11.6 Å². The zero-order valence-corrected chi connectivity index (χ0v) is 19.0. The van der Waals surface area contributed by atoms with Crippen molar-refractivity contribution in [1.29, 1.82) is 0 Å². The number of carbonyl (C=O) groups is 2. The Morgan fingerprint density at radius 3 is 2.32 bits per heavy atom. The maximum absolute atomic E-state index is 12.3. The lowest BCUT2D eigenvalue weighted by molar-refractivity contribution is -0.121. The molecule has 0 saturated heterocycles. The van der Waals surface area contributed by atoms with Gasteiger partial charge in [0.05, 0.1) is 13.2 Å². The number of anilines is 1. The van der Waals surface area contributed by atoms with Crippen LogP contribution in [-0.2, 0) is 4.79 Å². The molecule has 0 aliphatic rings. The molecule has 0 heterocycles. The summed E-state index contributed by atoms with van der Waals surface area (Å²) in [5, 5.41) is 9.06. The van der Waals surface area contributed by atoms with E-state index < -0.39 is 0 Å². The maximum atomic E-state index is 12.3. The highest BCUT2D eigenvalue weighted by molar-refractivity contribution is 6.31. The summed E-state index contributed by atoms with van der Waals surface area (Å²) in [6.07, 6.45) is 0.184. The monoisotopic (exact) mass is 446 g/mol. The predicted molar refractivity (Wildman–Crippen MR) is 125 cm³/mol. The number of nitrogens with zero attached hydrogens (tertiary/aromatic N) is 1. The van der Waals surface area contributed by atoms with Crippen molar-refractivity contribution in [2.75, 3.05) is 38.6 Å².